The molecule has 10 rings (SSSR count). The molecule has 0 atom stereocenters. The molecule has 0 saturated carbocycles. The zero-order chi connectivity index (χ0) is 38.7. The molecule has 0 aliphatic heterocycles. The maximum absolute atomic E-state index is 5.23. The summed E-state index contributed by atoms with van der Waals surface area (Å²) in [6.45, 7) is 0. The molecule has 0 aliphatic carbocycles. The molecule has 4 nitrogen and oxygen atoms in total. The Kier molecular flexibility index (Phi) is 9.18. The molecule has 0 bridgehead atoms. The van der Waals surface area contributed by atoms with Gasteiger partial charge in [-0.05, 0) is 80.6 Å². The third-order valence-electron chi connectivity index (χ3n) is 10.5. The van der Waals surface area contributed by atoms with Gasteiger partial charge >= 0.3 is 0 Å². The van der Waals surface area contributed by atoms with Crippen molar-refractivity contribution in [3.8, 4) is 90.1 Å². The maximum atomic E-state index is 5.23. The van der Waals surface area contributed by atoms with Gasteiger partial charge in [0.05, 0.1) is 11.4 Å². The van der Waals surface area contributed by atoms with Crippen molar-refractivity contribution < 1.29 is 0 Å². The zero-order valence-electron chi connectivity index (χ0n) is 31.6. The van der Waals surface area contributed by atoms with Crippen LogP contribution in [-0.4, -0.2) is 19.9 Å². The first-order valence-corrected chi connectivity index (χ1v) is 19.5. The summed E-state index contributed by atoms with van der Waals surface area (Å²) in [6.07, 6.45) is 0. The first kappa shape index (κ1) is 34.7. The van der Waals surface area contributed by atoms with Crippen LogP contribution >= 0.6 is 0 Å². The molecule has 4 heteroatoms. The van der Waals surface area contributed by atoms with E-state index in [1.54, 1.807) is 0 Å². The van der Waals surface area contributed by atoms with E-state index in [1.165, 1.54) is 10.8 Å². The lowest BCUT2D eigenvalue weighted by Gasteiger charge is -2.13. The summed E-state index contributed by atoms with van der Waals surface area (Å²) in [5.74, 6) is 1.80. The highest BCUT2D eigenvalue weighted by Gasteiger charge is 2.16. The van der Waals surface area contributed by atoms with Gasteiger partial charge in [0.25, 0.3) is 0 Å². The molecular weight excluding hydrogens is 705 g/mol. The molecule has 0 amide bonds. The number of benzene rings is 8. The largest absolute Gasteiger partial charge is 0.248 e. The van der Waals surface area contributed by atoms with E-state index >= 15 is 0 Å². The van der Waals surface area contributed by atoms with Gasteiger partial charge in [-0.25, -0.2) is 19.9 Å². The Bertz CT molecular complexity index is 2920. The van der Waals surface area contributed by atoms with Crippen LogP contribution in [0.4, 0.5) is 0 Å². The van der Waals surface area contributed by atoms with Crippen molar-refractivity contribution in [3.63, 3.8) is 0 Å². The summed E-state index contributed by atoms with van der Waals surface area (Å²) in [7, 11) is 0. The lowest BCUT2D eigenvalue weighted by Crippen LogP contribution is -2.01. The standard InChI is InChI=1S/C54H36N4/c1-4-13-37(14-5-1)41-23-28-43(29-24-41)52-56-53(44-30-25-42(26-31-44)38-15-6-2-7-16-38)58-54(57-52)49-35-47(39-17-8-3-9-18-39)34-48(36-49)51-22-12-21-50(55-51)46-32-27-40-19-10-11-20-45(40)33-46/h1-36H. The topological polar surface area (TPSA) is 51.6 Å². The molecule has 0 spiro atoms. The Labute approximate surface area is 337 Å². The highest BCUT2D eigenvalue weighted by Crippen LogP contribution is 2.35. The van der Waals surface area contributed by atoms with Gasteiger partial charge in [0.2, 0.25) is 0 Å². The fourth-order valence-corrected chi connectivity index (χ4v) is 7.45. The Morgan fingerprint density at radius 1 is 0.190 bits per heavy atom. The fourth-order valence-electron chi connectivity index (χ4n) is 7.45. The number of hydrogen-bond donors (Lipinski definition) is 0. The minimum Gasteiger partial charge on any atom is -0.248 e. The van der Waals surface area contributed by atoms with Gasteiger partial charge < -0.3 is 0 Å². The molecule has 2 aromatic heterocycles. The maximum Gasteiger partial charge on any atom is 0.164 e. The summed E-state index contributed by atoms with van der Waals surface area (Å²) >= 11 is 0. The van der Waals surface area contributed by atoms with E-state index in [4.69, 9.17) is 19.9 Å². The number of rotatable bonds is 8. The van der Waals surface area contributed by atoms with Gasteiger partial charge in [-0.1, -0.05) is 182 Å². The highest BCUT2D eigenvalue weighted by atomic mass is 15.0. The van der Waals surface area contributed by atoms with Gasteiger partial charge in [0.1, 0.15) is 0 Å². The van der Waals surface area contributed by atoms with E-state index in [0.717, 1.165) is 72.6 Å². The molecule has 0 unspecified atom stereocenters. The summed E-state index contributed by atoms with van der Waals surface area (Å²) in [6, 6.07) is 75.8. The highest BCUT2D eigenvalue weighted by molar-refractivity contribution is 5.87. The quantitative estimate of drug-likeness (QED) is 0.156. The number of nitrogens with zero attached hydrogens (tertiary/aromatic N) is 4. The second-order valence-electron chi connectivity index (χ2n) is 14.3. The normalized spacial score (nSPS) is 11.1. The van der Waals surface area contributed by atoms with Crippen molar-refractivity contribution >= 4 is 10.8 Å². The van der Waals surface area contributed by atoms with Crippen LogP contribution in [0.15, 0.2) is 218 Å². The van der Waals surface area contributed by atoms with Crippen LogP contribution in [-0.2, 0) is 0 Å². The Morgan fingerprint density at radius 2 is 0.569 bits per heavy atom. The average molecular weight is 741 g/mol. The third kappa shape index (κ3) is 7.18. The van der Waals surface area contributed by atoms with Crippen LogP contribution in [0, 0.1) is 0 Å². The average Bonchev–Trinajstić information content (AvgIpc) is 3.32. The van der Waals surface area contributed by atoms with Gasteiger partial charge in [-0.3, -0.25) is 0 Å². The molecule has 10 aromatic rings. The van der Waals surface area contributed by atoms with Crippen molar-refractivity contribution in [2.24, 2.45) is 0 Å². The first-order valence-electron chi connectivity index (χ1n) is 19.5. The first-order chi connectivity index (χ1) is 28.7. The summed E-state index contributed by atoms with van der Waals surface area (Å²) < 4.78 is 0. The van der Waals surface area contributed by atoms with E-state index < -0.39 is 0 Å². The van der Waals surface area contributed by atoms with E-state index in [2.05, 4.69) is 200 Å². The number of hydrogen-bond acceptors (Lipinski definition) is 4. The minimum absolute atomic E-state index is 0.587. The van der Waals surface area contributed by atoms with Crippen LogP contribution in [0.5, 0.6) is 0 Å². The van der Waals surface area contributed by atoms with E-state index in [9.17, 15) is 0 Å². The van der Waals surface area contributed by atoms with Crippen LogP contribution in [0.3, 0.4) is 0 Å². The molecule has 0 N–H and O–H groups in total. The van der Waals surface area contributed by atoms with E-state index in [0.29, 0.717) is 17.5 Å². The fraction of sp³-hybridized carbons (Fsp3) is 0. The predicted octanol–water partition coefficient (Wildman–Crippen LogP) is 13.8. The molecule has 0 aliphatic rings. The van der Waals surface area contributed by atoms with Crippen molar-refractivity contribution in [1.29, 1.82) is 0 Å². The molecule has 0 radical (unpaired) electrons. The van der Waals surface area contributed by atoms with Crippen molar-refractivity contribution in [2.45, 2.75) is 0 Å². The Hall–Kier alpha value is -7.82. The number of fused-ring (bicyclic) bond motifs is 1. The second-order valence-corrected chi connectivity index (χ2v) is 14.3. The van der Waals surface area contributed by atoms with Crippen molar-refractivity contribution in [1.82, 2.24) is 19.9 Å². The minimum atomic E-state index is 0.587. The molecule has 8 aromatic carbocycles. The molecule has 0 fully saturated rings. The monoisotopic (exact) mass is 740 g/mol. The van der Waals surface area contributed by atoms with Crippen LogP contribution in [0.2, 0.25) is 0 Å². The number of pyridine rings is 1. The molecule has 0 saturated heterocycles. The number of aromatic nitrogens is 4. The van der Waals surface area contributed by atoms with Crippen molar-refractivity contribution in [2.75, 3.05) is 0 Å². The second kappa shape index (κ2) is 15.4. The SMILES string of the molecule is c1ccc(-c2ccc(-c3nc(-c4ccc(-c5ccccc5)cc4)nc(-c4cc(-c5ccccc5)cc(-c5cccc(-c6ccc7ccccc7c6)n5)c4)n3)cc2)cc1. The molecule has 2 heterocycles. The Balaban J connectivity index is 1.11. The lowest BCUT2D eigenvalue weighted by atomic mass is 9.97. The zero-order valence-corrected chi connectivity index (χ0v) is 31.6. The van der Waals surface area contributed by atoms with Gasteiger partial charge in [0.15, 0.2) is 17.5 Å². The summed E-state index contributed by atoms with van der Waals surface area (Å²) in [5, 5.41) is 2.39. The van der Waals surface area contributed by atoms with Gasteiger partial charge in [-0.2, -0.15) is 0 Å². The van der Waals surface area contributed by atoms with Crippen molar-refractivity contribution in [3.05, 3.63) is 218 Å². The lowest BCUT2D eigenvalue weighted by molar-refractivity contribution is 1.07. The summed E-state index contributed by atoms with van der Waals surface area (Å²) in [5.41, 5.74) is 13.3. The smallest absolute Gasteiger partial charge is 0.164 e. The van der Waals surface area contributed by atoms with Gasteiger partial charge in [-0.15, -0.1) is 0 Å². The van der Waals surface area contributed by atoms with Crippen LogP contribution < -0.4 is 0 Å². The van der Waals surface area contributed by atoms with Crippen LogP contribution in [0.25, 0.3) is 101 Å². The third-order valence-corrected chi connectivity index (χ3v) is 10.5. The van der Waals surface area contributed by atoms with E-state index in [1.807, 2.05) is 18.2 Å². The molecule has 58 heavy (non-hydrogen) atoms. The molecule has 272 valence electrons. The van der Waals surface area contributed by atoms with E-state index in [-0.39, 0.29) is 0 Å². The Morgan fingerprint density at radius 3 is 1.12 bits per heavy atom. The van der Waals surface area contributed by atoms with Gasteiger partial charge in [0, 0.05) is 27.8 Å². The molecular formula is C54H36N4. The van der Waals surface area contributed by atoms with Crippen LogP contribution in [0.1, 0.15) is 0 Å². The predicted molar refractivity (Wildman–Crippen MR) is 239 cm³/mol. The summed E-state index contributed by atoms with van der Waals surface area (Å²) in [4.78, 5) is 20.7.